The normalized spacial score (nSPS) is 11.1. The van der Waals surface area contributed by atoms with Gasteiger partial charge in [0, 0.05) is 53.1 Å². The Hall–Kier alpha value is -4.78. The van der Waals surface area contributed by atoms with Crippen LogP contribution in [0.2, 0.25) is 0 Å². The summed E-state index contributed by atoms with van der Waals surface area (Å²) in [5.41, 5.74) is 9.27. The summed E-state index contributed by atoms with van der Waals surface area (Å²) in [6.07, 6.45) is 7.95. The number of aromatic amines is 1. The molecule has 5 rings (SSSR count). The van der Waals surface area contributed by atoms with Crippen LogP contribution >= 0.6 is 0 Å². The molecule has 0 fully saturated rings. The Morgan fingerprint density at radius 3 is 2.54 bits per heavy atom. The van der Waals surface area contributed by atoms with Crippen LogP contribution in [0.25, 0.3) is 38.9 Å². The van der Waals surface area contributed by atoms with Crippen LogP contribution in [-0.4, -0.2) is 27.0 Å². The quantitative estimate of drug-likeness (QED) is 0.185. The van der Waals surface area contributed by atoms with Crippen molar-refractivity contribution in [1.82, 2.24) is 19.9 Å². The first kappa shape index (κ1) is 25.9. The minimum atomic E-state index is -0.307. The van der Waals surface area contributed by atoms with E-state index in [1.807, 2.05) is 25.4 Å². The van der Waals surface area contributed by atoms with Crippen molar-refractivity contribution in [3.8, 4) is 22.3 Å². The van der Waals surface area contributed by atoms with Crippen molar-refractivity contribution in [3.05, 3.63) is 109 Å². The lowest BCUT2D eigenvalue weighted by atomic mass is 9.98. The highest BCUT2D eigenvalue weighted by Crippen LogP contribution is 2.34. The van der Waals surface area contributed by atoms with E-state index in [-0.39, 0.29) is 5.82 Å². The maximum atomic E-state index is 13.9. The molecule has 0 saturated heterocycles. The third kappa shape index (κ3) is 5.57. The van der Waals surface area contributed by atoms with Gasteiger partial charge in [-0.1, -0.05) is 45.2 Å². The van der Waals surface area contributed by atoms with Gasteiger partial charge in [0.1, 0.15) is 11.6 Å². The number of allylic oxidation sites excluding steroid dienone is 1. The summed E-state index contributed by atoms with van der Waals surface area (Å²) < 4.78 is 13.9. The number of rotatable bonds is 9. The fourth-order valence-corrected chi connectivity index (χ4v) is 4.68. The van der Waals surface area contributed by atoms with E-state index in [2.05, 4.69) is 70.8 Å². The predicted molar refractivity (Wildman–Crippen MR) is 159 cm³/mol. The molecule has 0 aliphatic rings. The van der Waals surface area contributed by atoms with E-state index in [1.165, 1.54) is 12.1 Å². The molecule has 3 heterocycles. The number of pyridine rings is 2. The molecule has 5 aromatic rings. The van der Waals surface area contributed by atoms with Crippen LogP contribution in [0.15, 0.2) is 92.2 Å². The van der Waals surface area contributed by atoms with Crippen molar-refractivity contribution < 1.29 is 4.39 Å². The highest BCUT2D eigenvalue weighted by Gasteiger charge is 2.16. The van der Waals surface area contributed by atoms with Crippen LogP contribution in [-0.2, 0) is 0 Å². The summed E-state index contributed by atoms with van der Waals surface area (Å²) in [6, 6.07) is 14.7. The van der Waals surface area contributed by atoms with E-state index in [0.717, 1.165) is 56.8 Å². The number of aromatic nitrogens is 4. The fourth-order valence-electron chi connectivity index (χ4n) is 4.68. The van der Waals surface area contributed by atoms with E-state index in [1.54, 1.807) is 24.7 Å². The Morgan fingerprint density at radius 1 is 0.949 bits per heavy atom. The van der Waals surface area contributed by atoms with E-state index in [0.29, 0.717) is 22.8 Å². The Balaban J connectivity index is 1.50. The average molecular weight is 519 g/mol. The lowest BCUT2D eigenvalue weighted by Gasteiger charge is -2.14. The standard InChI is InChI=1S/C32H31FN6/c1-19(2)11-20(3)37-26-13-24(15-35-16-26)22-9-10-29(34-5)27(14-22)21(4)32-38-30-18-36-17-28(31(30)39-32)23-7-6-8-25(33)12-23/h6-10,12-19,34,37H,3-4,11H2,1-2,5H3,(H,38,39). The van der Waals surface area contributed by atoms with Gasteiger partial charge in [0.15, 0.2) is 0 Å². The molecule has 0 aliphatic heterocycles. The zero-order valence-electron chi connectivity index (χ0n) is 22.3. The number of benzene rings is 2. The number of imidazole rings is 1. The number of anilines is 2. The van der Waals surface area contributed by atoms with E-state index in [9.17, 15) is 4.39 Å². The highest BCUT2D eigenvalue weighted by molar-refractivity contribution is 5.94. The summed E-state index contributed by atoms with van der Waals surface area (Å²) in [7, 11) is 1.88. The van der Waals surface area contributed by atoms with Crippen molar-refractivity contribution in [2.24, 2.45) is 5.92 Å². The zero-order chi connectivity index (χ0) is 27.5. The number of nitrogens with one attached hydrogen (secondary N) is 3. The molecule has 0 spiro atoms. The molecular weight excluding hydrogens is 487 g/mol. The van der Waals surface area contributed by atoms with Gasteiger partial charge in [-0.15, -0.1) is 0 Å². The number of hydrogen-bond acceptors (Lipinski definition) is 5. The number of hydrogen-bond donors (Lipinski definition) is 3. The molecule has 0 aliphatic carbocycles. The third-order valence-corrected chi connectivity index (χ3v) is 6.48. The molecular formula is C32H31FN6. The summed E-state index contributed by atoms with van der Waals surface area (Å²) in [5, 5.41) is 6.64. The number of fused-ring (bicyclic) bond motifs is 1. The summed E-state index contributed by atoms with van der Waals surface area (Å²) in [5.74, 6) is 0.823. The second-order valence-corrected chi connectivity index (χ2v) is 9.96. The molecule has 0 bridgehead atoms. The van der Waals surface area contributed by atoms with Crippen LogP contribution in [0.1, 0.15) is 31.7 Å². The van der Waals surface area contributed by atoms with Gasteiger partial charge in [-0.25, -0.2) is 9.37 Å². The fraction of sp³-hybridized carbons (Fsp3) is 0.156. The zero-order valence-corrected chi connectivity index (χ0v) is 22.3. The minimum absolute atomic E-state index is 0.307. The maximum Gasteiger partial charge on any atom is 0.138 e. The lowest BCUT2D eigenvalue weighted by molar-refractivity contribution is 0.628. The molecule has 196 valence electrons. The molecule has 2 aromatic carbocycles. The Bertz CT molecular complexity index is 1680. The van der Waals surface area contributed by atoms with Gasteiger partial charge in [-0.2, -0.15) is 0 Å². The second-order valence-electron chi connectivity index (χ2n) is 9.96. The SMILES string of the molecule is C=C(CC(C)C)Nc1cncc(-c2ccc(NC)c(C(=C)c3nc4c(-c5cccc(F)c5)cncc4[nH]3)c2)c1. The van der Waals surface area contributed by atoms with Crippen LogP contribution < -0.4 is 10.6 Å². The van der Waals surface area contributed by atoms with Gasteiger partial charge >= 0.3 is 0 Å². The van der Waals surface area contributed by atoms with Crippen LogP contribution in [0.3, 0.4) is 0 Å². The highest BCUT2D eigenvalue weighted by atomic mass is 19.1. The van der Waals surface area contributed by atoms with Gasteiger partial charge in [0.2, 0.25) is 0 Å². The van der Waals surface area contributed by atoms with Gasteiger partial charge in [-0.3, -0.25) is 9.97 Å². The maximum absolute atomic E-state index is 13.9. The van der Waals surface area contributed by atoms with Gasteiger partial charge in [-0.05, 0) is 53.8 Å². The first-order valence-corrected chi connectivity index (χ1v) is 12.8. The first-order chi connectivity index (χ1) is 18.8. The van der Waals surface area contributed by atoms with E-state index >= 15 is 0 Å². The Labute approximate surface area is 227 Å². The summed E-state index contributed by atoms with van der Waals surface area (Å²) >= 11 is 0. The van der Waals surface area contributed by atoms with Crippen LogP contribution in [0.5, 0.6) is 0 Å². The largest absolute Gasteiger partial charge is 0.388 e. The molecule has 7 heteroatoms. The van der Waals surface area contributed by atoms with Crippen molar-refractivity contribution in [2.75, 3.05) is 17.7 Å². The predicted octanol–water partition coefficient (Wildman–Crippen LogP) is 7.90. The van der Waals surface area contributed by atoms with Gasteiger partial charge in [0.25, 0.3) is 0 Å². The van der Waals surface area contributed by atoms with Gasteiger partial charge in [0.05, 0.1) is 29.1 Å². The van der Waals surface area contributed by atoms with E-state index in [4.69, 9.17) is 4.98 Å². The molecule has 0 atom stereocenters. The molecule has 0 unspecified atom stereocenters. The van der Waals surface area contributed by atoms with Crippen molar-refractivity contribution in [3.63, 3.8) is 0 Å². The average Bonchev–Trinajstić information content (AvgIpc) is 3.36. The summed E-state index contributed by atoms with van der Waals surface area (Å²) in [4.78, 5) is 17.0. The number of H-pyrrole nitrogens is 1. The molecule has 0 amide bonds. The molecule has 0 saturated carbocycles. The topological polar surface area (TPSA) is 78.5 Å². The Morgan fingerprint density at radius 2 is 1.77 bits per heavy atom. The van der Waals surface area contributed by atoms with Crippen molar-refractivity contribution >= 4 is 28.0 Å². The van der Waals surface area contributed by atoms with Crippen molar-refractivity contribution in [1.29, 1.82) is 0 Å². The Kier molecular flexibility index (Phi) is 7.23. The minimum Gasteiger partial charge on any atom is -0.388 e. The monoisotopic (exact) mass is 518 g/mol. The number of halogens is 1. The molecule has 0 radical (unpaired) electrons. The third-order valence-electron chi connectivity index (χ3n) is 6.48. The van der Waals surface area contributed by atoms with Crippen LogP contribution in [0.4, 0.5) is 15.8 Å². The molecule has 3 aromatic heterocycles. The second kappa shape index (κ2) is 10.9. The lowest BCUT2D eigenvalue weighted by Crippen LogP contribution is -2.02. The van der Waals surface area contributed by atoms with E-state index < -0.39 is 0 Å². The first-order valence-electron chi connectivity index (χ1n) is 12.8. The smallest absolute Gasteiger partial charge is 0.138 e. The van der Waals surface area contributed by atoms with Crippen molar-refractivity contribution in [2.45, 2.75) is 20.3 Å². The molecule has 6 nitrogen and oxygen atoms in total. The molecule has 39 heavy (non-hydrogen) atoms. The summed E-state index contributed by atoms with van der Waals surface area (Å²) in [6.45, 7) is 12.9. The number of nitrogens with zero attached hydrogens (tertiary/aromatic N) is 3. The van der Waals surface area contributed by atoms with Crippen LogP contribution in [0, 0.1) is 11.7 Å². The van der Waals surface area contributed by atoms with Gasteiger partial charge < -0.3 is 15.6 Å². The molecule has 3 N–H and O–H groups in total.